The molecule has 1 aromatic rings. The molecule has 23 nitrogen and oxygen atoms in total. The lowest BCUT2D eigenvalue weighted by molar-refractivity contribution is -0.154. The molecule has 2 atom stereocenters. The molecule has 2 N–H and O–H groups in total. The topological polar surface area (TPSA) is 319 Å². The number of benzene rings is 1. The molecule has 5 rings (SSSR count). The van der Waals surface area contributed by atoms with Gasteiger partial charge in [-0.3, -0.25) is 91.4 Å². The van der Waals surface area contributed by atoms with Crippen LogP contribution in [0.1, 0.15) is 77.3 Å². The minimum atomic E-state index is -2.44. The Morgan fingerprint density at radius 1 is 0.684 bits per heavy atom. The summed E-state index contributed by atoms with van der Waals surface area (Å²) in [6, 6.07) is 6.89. The standard InChI is InChI=1S/C49H58N6O17S4/c1-28(56)48(29(2)57,30(3)58)37(61)12-19-73-35-22-43(67)54(46(35)70)17-14-50-39(63)24-52(45(69)27-72-26-34(60)21-33-7-5-32(6-8-33)9-10-41(65)53-16-11-42(53)66)25-40(64)51-15-18-55-44(68)23-36(47(55)71)74-20-13-38(62)49(31(4)59)75-76-49/h5-8,35-36H,9-27H2,1-4H3,(H,50,63)(H,51,64). The molecular formula is C49H58N6O17S4. The minimum Gasteiger partial charge on any atom is -0.364 e. The van der Waals surface area contributed by atoms with Gasteiger partial charge in [-0.05, 0) is 45.2 Å². The maximum atomic E-state index is 13.5. The Hall–Kier alpha value is -5.90. The molecule has 4 heterocycles. The van der Waals surface area contributed by atoms with Gasteiger partial charge in [0.15, 0.2) is 44.6 Å². The number of nitrogens with zero attached hydrogens (tertiary/aromatic N) is 4. The molecule has 0 saturated carbocycles. The normalized spacial score (nSPS) is 17.8. The zero-order valence-corrected chi connectivity index (χ0v) is 45.5. The minimum absolute atomic E-state index is 0.0315. The lowest BCUT2D eigenvalue weighted by Gasteiger charge is -2.28. The zero-order valence-electron chi connectivity index (χ0n) is 42.3. The van der Waals surface area contributed by atoms with Gasteiger partial charge in [0.25, 0.3) is 0 Å². The first-order valence-corrected chi connectivity index (χ1v) is 28.4. The van der Waals surface area contributed by atoms with Gasteiger partial charge in [0, 0.05) is 89.2 Å². The van der Waals surface area contributed by atoms with Gasteiger partial charge in [-0.2, -0.15) is 0 Å². The molecule has 9 amide bonds. The summed E-state index contributed by atoms with van der Waals surface area (Å²) in [5.74, 6) is -9.71. The van der Waals surface area contributed by atoms with Crippen LogP contribution in [0.4, 0.5) is 0 Å². The van der Waals surface area contributed by atoms with E-state index in [9.17, 15) is 76.7 Å². The zero-order chi connectivity index (χ0) is 56.1. The highest BCUT2D eigenvalue weighted by atomic mass is 33.2. The number of likely N-dealkylation sites (tertiary alicyclic amines) is 3. The van der Waals surface area contributed by atoms with E-state index < -0.39 is 123 Å². The van der Waals surface area contributed by atoms with Gasteiger partial charge in [0.05, 0.1) is 10.5 Å². The second-order valence-electron chi connectivity index (χ2n) is 18.2. The maximum Gasteiger partial charge on any atom is 0.249 e. The summed E-state index contributed by atoms with van der Waals surface area (Å²) in [7, 11) is 2.36. The number of carbonyl (C=O) groups excluding carboxylic acids is 16. The third-order valence-electron chi connectivity index (χ3n) is 12.8. The third-order valence-corrected chi connectivity index (χ3v) is 18.3. The Labute approximate surface area is 453 Å². The lowest BCUT2D eigenvalue weighted by Crippen LogP contribution is -2.50. The van der Waals surface area contributed by atoms with Crippen LogP contribution in [-0.4, -0.2) is 198 Å². The van der Waals surface area contributed by atoms with E-state index in [4.69, 9.17) is 4.74 Å². The largest absolute Gasteiger partial charge is 0.364 e. The molecule has 4 aliphatic heterocycles. The van der Waals surface area contributed by atoms with Crippen LogP contribution in [-0.2, 0) is 94.3 Å². The Kier molecular flexibility index (Phi) is 22.0. The van der Waals surface area contributed by atoms with Gasteiger partial charge in [-0.15, -0.1) is 23.5 Å². The summed E-state index contributed by atoms with van der Waals surface area (Å²) >= 11 is 2.04. The van der Waals surface area contributed by atoms with E-state index in [1.807, 2.05) is 0 Å². The smallest absolute Gasteiger partial charge is 0.249 e. The quantitative estimate of drug-likeness (QED) is 0.0298. The van der Waals surface area contributed by atoms with Crippen LogP contribution in [0, 0.1) is 5.41 Å². The fraction of sp³-hybridized carbons (Fsp3) is 0.551. The number of nitrogens with one attached hydrogen (secondary N) is 2. The second kappa shape index (κ2) is 27.4. The molecule has 76 heavy (non-hydrogen) atoms. The summed E-state index contributed by atoms with van der Waals surface area (Å²) in [5.41, 5.74) is -1.00. The first kappa shape index (κ1) is 61.0. The van der Waals surface area contributed by atoms with Crippen molar-refractivity contribution in [2.24, 2.45) is 5.41 Å². The summed E-state index contributed by atoms with van der Waals surface area (Å²) < 4.78 is 4.30. The number of imide groups is 3. The number of hydrogen-bond acceptors (Lipinski definition) is 21. The summed E-state index contributed by atoms with van der Waals surface area (Å²) in [4.78, 5) is 206. The van der Waals surface area contributed by atoms with E-state index in [1.54, 1.807) is 24.3 Å². The molecule has 1 aromatic carbocycles. The average Bonchev–Trinajstić information content (AvgIpc) is 4.07. The predicted molar refractivity (Wildman–Crippen MR) is 276 cm³/mol. The molecular weight excluding hydrogens is 1070 g/mol. The van der Waals surface area contributed by atoms with Crippen LogP contribution < -0.4 is 10.6 Å². The van der Waals surface area contributed by atoms with Crippen molar-refractivity contribution in [1.29, 1.82) is 0 Å². The van der Waals surface area contributed by atoms with Crippen molar-refractivity contribution in [3.05, 3.63) is 35.4 Å². The molecule has 0 bridgehead atoms. The molecule has 410 valence electrons. The molecule has 0 aliphatic carbocycles. The van der Waals surface area contributed by atoms with Crippen molar-refractivity contribution >= 4 is 139 Å². The Bertz CT molecular complexity index is 2550. The van der Waals surface area contributed by atoms with E-state index in [0.717, 1.165) is 64.6 Å². The lowest BCUT2D eigenvalue weighted by atomic mass is 9.72. The van der Waals surface area contributed by atoms with Gasteiger partial charge in [-0.25, -0.2) is 0 Å². The molecule has 4 saturated heterocycles. The first-order chi connectivity index (χ1) is 35.9. The fourth-order valence-electron chi connectivity index (χ4n) is 8.47. The van der Waals surface area contributed by atoms with E-state index >= 15 is 0 Å². The third kappa shape index (κ3) is 15.4. The second-order valence-corrected chi connectivity index (χ2v) is 23.6. The highest BCUT2D eigenvalue weighted by Gasteiger charge is 2.57. The van der Waals surface area contributed by atoms with Crippen LogP contribution in [0.15, 0.2) is 24.3 Å². The SMILES string of the molecule is CC(=O)C1(C(=O)CCSC2CC(=O)N(CCNC(=O)CN(CC(=O)NCCN3C(=O)CC(SCCC(=O)C(C(C)=O)(C(C)=O)C(C)=O)C3=O)C(=O)COCC(=O)Cc3ccc(CCC(=O)N4CCC4=O)cc3)C2=O)SS1. The van der Waals surface area contributed by atoms with Crippen LogP contribution in [0.3, 0.4) is 0 Å². The first-order valence-electron chi connectivity index (χ1n) is 24.1. The molecule has 0 spiro atoms. The molecule has 4 fully saturated rings. The highest BCUT2D eigenvalue weighted by molar-refractivity contribution is 8.94. The van der Waals surface area contributed by atoms with Gasteiger partial charge < -0.3 is 20.3 Å². The van der Waals surface area contributed by atoms with Crippen molar-refractivity contribution in [3.63, 3.8) is 0 Å². The number of ether oxygens (including phenoxy) is 1. The van der Waals surface area contributed by atoms with Gasteiger partial charge in [0.2, 0.25) is 58.6 Å². The number of aryl methyl sites for hydroxylation is 1. The van der Waals surface area contributed by atoms with Gasteiger partial charge >= 0.3 is 0 Å². The van der Waals surface area contributed by atoms with E-state index in [0.29, 0.717) is 24.9 Å². The van der Waals surface area contributed by atoms with Crippen LogP contribution in [0.25, 0.3) is 0 Å². The number of carbonyl (C=O) groups is 16. The van der Waals surface area contributed by atoms with Gasteiger partial charge in [-0.1, -0.05) is 45.9 Å². The molecule has 2 unspecified atom stereocenters. The number of ketones is 7. The number of thioether (sulfide) groups is 2. The van der Waals surface area contributed by atoms with E-state index in [1.165, 1.54) is 33.4 Å². The predicted octanol–water partition coefficient (Wildman–Crippen LogP) is -0.359. The highest BCUT2D eigenvalue weighted by Crippen LogP contribution is 2.66. The van der Waals surface area contributed by atoms with Gasteiger partial charge in [0.1, 0.15) is 26.3 Å². The molecule has 0 radical (unpaired) electrons. The van der Waals surface area contributed by atoms with E-state index in [2.05, 4.69) is 10.6 Å². The number of amides is 9. The monoisotopic (exact) mass is 1130 g/mol. The van der Waals surface area contributed by atoms with Crippen LogP contribution in [0.2, 0.25) is 0 Å². The van der Waals surface area contributed by atoms with Crippen molar-refractivity contribution in [3.8, 4) is 0 Å². The van der Waals surface area contributed by atoms with Crippen molar-refractivity contribution < 1.29 is 81.4 Å². The average molecular weight is 1130 g/mol. The van der Waals surface area contributed by atoms with Crippen LogP contribution >= 0.6 is 45.1 Å². The maximum absolute atomic E-state index is 13.5. The summed E-state index contributed by atoms with van der Waals surface area (Å²) in [6.45, 7) is 0.893. The van der Waals surface area contributed by atoms with Crippen molar-refractivity contribution in [2.75, 3.05) is 70.5 Å². The van der Waals surface area contributed by atoms with Crippen molar-refractivity contribution in [2.45, 2.75) is 93.6 Å². The van der Waals surface area contributed by atoms with E-state index in [-0.39, 0.29) is 93.2 Å². The molecule has 0 aromatic heterocycles. The summed E-state index contributed by atoms with van der Waals surface area (Å²) in [5, 5.41) is 3.29. The number of hydrogen-bond donors (Lipinski definition) is 2. The van der Waals surface area contributed by atoms with Crippen molar-refractivity contribution in [1.82, 2.24) is 30.2 Å². The van der Waals surface area contributed by atoms with Crippen LogP contribution in [0.5, 0.6) is 0 Å². The Balaban J connectivity index is 1.10. The Morgan fingerprint density at radius 2 is 1.18 bits per heavy atom. The number of rotatable bonds is 33. The fourth-order valence-corrected chi connectivity index (χ4v) is 12.9. The molecule has 27 heteroatoms. The Morgan fingerprint density at radius 3 is 1.63 bits per heavy atom. The summed E-state index contributed by atoms with van der Waals surface area (Å²) in [6.07, 6.45) is 0.0570. The molecule has 4 aliphatic rings. The number of β-lactam (4-membered cyclic amide) rings is 1. The number of Topliss-reactive ketones (excluding diaryl/α,β-unsaturated/α-hetero) is 7.